The van der Waals surface area contributed by atoms with Crippen molar-refractivity contribution in [2.24, 2.45) is 0 Å². The average molecular weight is 263 g/mol. The molecule has 2 heterocycles. The number of nitrogens with zero attached hydrogens (tertiary/aromatic N) is 1. The molecule has 1 nitrogen and oxygen atoms in total. The van der Waals surface area contributed by atoms with Gasteiger partial charge in [-0.3, -0.25) is 0 Å². The van der Waals surface area contributed by atoms with E-state index in [4.69, 9.17) is 0 Å². The Morgan fingerprint density at radius 3 is 2.47 bits per heavy atom. The molecule has 0 saturated heterocycles. The van der Waals surface area contributed by atoms with Crippen LogP contribution in [0.5, 0.6) is 0 Å². The van der Waals surface area contributed by atoms with Gasteiger partial charge in [0.05, 0.1) is 10.2 Å². The molecule has 0 fully saturated rings. The molecule has 0 bridgehead atoms. The number of fused-ring (bicyclic) bond motifs is 3. The van der Waals surface area contributed by atoms with Crippen LogP contribution in [0.4, 0.5) is 0 Å². The van der Waals surface area contributed by atoms with Gasteiger partial charge in [-0.2, -0.15) is 0 Å². The number of thiazole rings is 1. The molecular weight excluding hydrogens is 250 g/mol. The molecule has 92 valence electrons. The van der Waals surface area contributed by atoms with Gasteiger partial charge in [-0.05, 0) is 30.7 Å². The summed E-state index contributed by atoms with van der Waals surface area (Å²) >= 11 is 1.87. The summed E-state index contributed by atoms with van der Waals surface area (Å²) in [5, 5.41) is 0. The highest BCUT2D eigenvalue weighted by molar-refractivity contribution is 7.24. The molecule has 2 heteroatoms. The SMILES string of the molecule is Cc1cc(-c2ccccc2)c2sc3ccccc3n12. The molecule has 0 N–H and O–H groups in total. The van der Waals surface area contributed by atoms with Crippen molar-refractivity contribution < 1.29 is 0 Å². The van der Waals surface area contributed by atoms with Gasteiger partial charge >= 0.3 is 0 Å². The van der Waals surface area contributed by atoms with Gasteiger partial charge in [0.1, 0.15) is 4.83 Å². The van der Waals surface area contributed by atoms with E-state index >= 15 is 0 Å². The number of hydrogen-bond donors (Lipinski definition) is 0. The largest absolute Gasteiger partial charge is 0.304 e. The second kappa shape index (κ2) is 3.97. The smallest absolute Gasteiger partial charge is 0.108 e. The Labute approximate surface area is 115 Å². The monoisotopic (exact) mass is 263 g/mol. The van der Waals surface area contributed by atoms with Gasteiger partial charge in [0.25, 0.3) is 0 Å². The number of benzene rings is 2. The fourth-order valence-corrected chi connectivity index (χ4v) is 3.91. The fraction of sp³-hybridized carbons (Fsp3) is 0.0588. The quantitative estimate of drug-likeness (QED) is 0.448. The van der Waals surface area contributed by atoms with Gasteiger partial charge in [-0.15, -0.1) is 11.3 Å². The molecule has 0 aliphatic carbocycles. The predicted octanol–water partition coefficient (Wildman–Crippen LogP) is 5.13. The molecule has 19 heavy (non-hydrogen) atoms. The van der Waals surface area contributed by atoms with E-state index in [2.05, 4.69) is 72.0 Å². The minimum Gasteiger partial charge on any atom is -0.304 e. The van der Waals surface area contributed by atoms with E-state index in [1.165, 1.54) is 31.9 Å². The first-order chi connectivity index (χ1) is 9.34. The van der Waals surface area contributed by atoms with Crippen molar-refractivity contribution in [1.29, 1.82) is 0 Å². The number of hydrogen-bond acceptors (Lipinski definition) is 1. The van der Waals surface area contributed by atoms with Gasteiger partial charge in [-0.25, -0.2) is 0 Å². The molecule has 2 aromatic carbocycles. The minimum absolute atomic E-state index is 1.29. The van der Waals surface area contributed by atoms with Crippen molar-refractivity contribution in [3.63, 3.8) is 0 Å². The number of rotatable bonds is 1. The van der Waals surface area contributed by atoms with Crippen LogP contribution in [-0.4, -0.2) is 4.40 Å². The highest BCUT2D eigenvalue weighted by atomic mass is 32.1. The third kappa shape index (κ3) is 1.53. The van der Waals surface area contributed by atoms with E-state index in [1.807, 2.05) is 11.3 Å². The van der Waals surface area contributed by atoms with Crippen molar-refractivity contribution in [1.82, 2.24) is 4.40 Å². The van der Waals surface area contributed by atoms with Crippen LogP contribution < -0.4 is 0 Å². The van der Waals surface area contributed by atoms with Crippen molar-refractivity contribution in [2.75, 3.05) is 0 Å². The van der Waals surface area contributed by atoms with Gasteiger partial charge < -0.3 is 4.40 Å². The normalized spacial score (nSPS) is 11.4. The second-order valence-electron chi connectivity index (χ2n) is 4.78. The Bertz CT molecular complexity index is 868. The van der Waals surface area contributed by atoms with E-state index in [-0.39, 0.29) is 0 Å². The Balaban J connectivity index is 2.13. The summed E-state index contributed by atoms with van der Waals surface area (Å²) in [6, 6.07) is 21.5. The molecule has 0 radical (unpaired) electrons. The van der Waals surface area contributed by atoms with Crippen LogP contribution >= 0.6 is 11.3 Å². The van der Waals surface area contributed by atoms with Gasteiger partial charge in [0.15, 0.2) is 0 Å². The Hall–Kier alpha value is -2.06. The van der Waals surface area contributed by atoms with Crippen LogP contribution in [0.2, 0.25) is 0 Å². The Morgan fingerprint density at radius 1 is 0.895 bits per heavy atom. The zero-order valence-electron chi connectivity index (χ0n) is 10.6. The molecule has 0 aliphatic rings. The molecule has 0 spiro atoms. The first-order valence-electron chi connectivity index (χ1n) is 6.39. The van der Waals surface area contributed by atoms with E-state index in [0.29, 0.717) is 0 Å². The number of aromatic nitrogens is 1. The fourth-order valence-electron chi connectivity index (χ4n) is 2.67. The lowest BCUT2D eigenvalue weighted by atomic mass is 10.1. The van der Waals surface area contributed by atoms with Gasteiger partial charge in [-0.1, -0.05) is 42.5 Å². The summed E-state index contributed by atoms with van der Waals surface area (Å²) in [5.41, 5.74) is 5.23. The van der Waals surface area contributed by atoms with Crippen molar-refractivity contribution in [3.05, 3.63) is 66.4 Å². The maximum Gasteiger partial charge on any atom is 0.108 e. The van der Waals surface area contributed by atoms with E-state index in [9.17, 15) is 0 Å². The number of aryl methyl sites for hydroxylation is 1. The summed E-state index contributed by atoms with van der Waals surface area (Å²) in [5.74, 6) is 0. The first kappa shape index (κ1) is 10.8. The lowest BCUT2D eigenvalue weighted by Gasteiger charge is -1.96. The van der Waals surface area contributed by atoms with E-state index < -0.39 is 0 Å². The number of para-hydroxylation sites is 1. The Morgan fingerprint density at radius 2 is 1.63 bits per heavy atom. The van der Waals surface area contributed by atoms with Crippen LogP contribution in [0, 0.1) is 6.92 Å². The van der Waals surface area contributed by atoms with Gasteiger partial charge in [0.2, 0.25) is 0 Å². The topological polar surface area (TPSA) is 4.41 Å². The molecule has 4 aromatic rings. The molecular formula is C17H13NS. The molecule has 0 amide bonds. The van der Waals surface area contributed by atoms with Gasteiger partial charge in [0, 0.05) is 11.3 Å². The third-order valence-corrected chi connectivity index (χ3v) is 4.70. The lowest BCUT2D eigenvalue weighted by molar-refractivity contribution is 1.19. The molecule has 2 aromatic heterocycles. The highest BCUT2D eigenvalue weighted by Crippen LogP contribution is 2.36. The molecule has 0 saturated carbocycles. The summed E-state index contributed by atoms with van der Waals surface area (Å²) in [6.07, 6.45) is 0. The van der Waals surface area contributed by atoms with Crippen molar-refractivity contribution in [2.45, 2.75) is 6.92 Å². The van der Waals surface area contributed by atoms with Crippen molar-refractivity contribution in [3.8, 4) is 11.1 Å². The highest BCUT2D eigenvalue weighted by Gasteiger charge is 2.13. The van der Waals surface area contributed by atoms with Crippen LogP contribution in [-0.2, 0) is 0 Å². The Kier molecular flexibility index (Phi) is 2.26. The standard InChI is InChI=1S/C17H13NS/c1-12-11-14(13-7-3-2-4-8-13)17-18(12)15-9-5-6-10-16(15)19-17/h2-11H,1H3. The van der Waals surface area contributed by atoms with E-state index in [1.54, 1.807) is 0 Å². The van der Waals surface area contributed by atoms with Crippen molar-refractivity contribution >= 4 is 26.4 Å². The summed E-state index contributed by atoms with van der Waals surface area (Å²) < 4.78 is 3.71. The summed E-state index contributed by atoms with van der Waals surface area (Å²) in [4.78, 5) is 1.34. The first-order valence-corrected chi connectivity index (χ1v) is 7.21. The van der Waals surface area contributed by atoms with Crippen LogP contribution in [0.3, 0.4) is 0 Å². The van der Waals surface area contributed by atoms with Crippen LogP contribution in [0.25, 0.3) is 26.2 Å². The summed E-state index contributed by atoms with van der Waals surface area (Å²) in [6.45, 7) is 2.18. The second-order valence-corrected chi connectivity index (χ2v) is 5.81. The molecule has 0 atom stereocenters. The zero-order valence-corrected chi connectivity index (χ0v) is 11.4. The predicted molar refractivity (Wildman–Crippen MR) is 83.0 cm³/mol. The molecule has 0 unspecified atom stereocenters. The van der Waals surface area contributed by atoms with Crippen LogP contribution in [0.1, 0.15) is 5.69 Å². The molecule has 4 rings (SSSR count). The molecule has 0 aliphatic heterocycles. The van der Waals surface area contributed by atoms with E-state index in [0.717, 1.165) is 0 Å². The maximum absolute atomic E-state index is 2.36. The minimum atomic E-state index is 1.29. The lowest BCUT2D eigenvalue weighted by Crippen LogP contribution is -1.81. The average Bonchev–Trinajstić information content (AvgIpc) is 2.98. The van der Waals surface area contributed by atoms with Crippen LogP contribution in [0.15, 0.2) is 60.7 Å². The summed E-state index contributed by atoms with van der Waals surface area (Å²) in [7, 11) is 0. The maximum atomic E-state index is 2.36. The third-order valence-electron chi connectivity index (χ3n) is 3.54. The zero-order chi connectivity index (χ0) is 12.8.